The van der Waals surface area contributed by atoms with E-state index < -0.39 is 0 Å². The van der Waals surface area contributed by atoms with Crippen LogP contribution in [0, 0.1) is 11.3 Å². The first-order valence-electron chi connectivity index (χ1n) is 10.1. The lowest BCUT2D eigenvalue weighted by Gasteiger charge is -2.43. The van der Waals surface area contributed by atoms with Crippen molar-refractivity contribution in [2.45, 2.75) is 32.7 Å². The molecule has 0 radical (unpaired) electrons. The number of nitrogens with zero attached hydrogens (tertiary/aromatic N) is 1. The molecular formula is C25H24N2O2. The highest BCUT2D eigenvalue weighted by molar-refractivity contribution is 6.50. The minimum atomic E-state index is -0.160. The summed E-state index contributed by atoms with van der Waals surface area (Å²) >= 11 is 0. The normalized spacial score (nSPS) is 25.9. The summed E-state index contributed by atoms with van der Waals surface area (Å²) in [5.41, 5.74) is 4.95. The Morgan fingerprint density at radius 3 is 2.69 bits per heavy atom. The van der Waals surface area contributed by atoms with Crippen molar-refractivity contribution >= 4 is 28.9 Å². The minimum absolute atomic E-state index is 0.0476. The molecule has 2 unspecified atom stereocenters. The third kappa shape index (κ3) is 3.00. The largest absolute Gasteiger partial charge is 0.506 e. The highest BCUT2D eigenvalue weighted by Crippen LogP contribution is 2.47. The summed E-state index contributed by atoms with van der Waals surface area (Å²) in [5.74, 6) is 0.166. The number of para-hydroxylation sites is 2. The maximum absolute atomic E-state index is 13.5. The number of ketones is 1. The number of fused-ring (bicyclic) bond motifs is 4. The molecule has 3 aliphatic rings. The van der Waals surface area contributed by atoms with Gasteiger partial charge in [0, 0.05) is 17.1 Å². The molecule has 0 spiro atoms. The standard InChI is InChI=1S/C25H24N2O2/c1-25(2)12-11-17-19(14-25)22-18(13-15-7-6-10-20(28)21(15)27-22)23(24(17)29)26-16-8-4-3-5-9-16/h3-10,13-14,17,22,27-28H,11-12H2,1-2H3/b26-23-. The van der Waals surface area contributed by atoms with Gasteiger partial charge in [0.05, 0.1) is 17.4 Å². The van der Waals surface area contributed by atoms with Crippen molar-refractivity contribution in [3.63, 3.8) is 0 Å². The lowest BCUT2D eigenvalue weighted by atomic mass is 9.65. The van der Waals surface area contributed by atoms with Gasteiger partial charge in [-0.1, -0.05) is 50.3 Å². The zero-order valence-corrected chi connectivity index (χ0v) is 16.6. The van der Waals surface area contributed by atoms with Gasteiger partial charge >= 0.3 is 0 Å². The van der Waals surface area contributed by atoms with Crippen LogP contribution in [-0.4, -0.2) is 22.6 Å². The molecule has 2 aromatic rings. The fourth-order valence-electron chi connectivity index (χ4n) is 4.71. The molecule has 2 aliphatic carbocycles. The maximum Gasteiger partial charge on any atom is 0.188 e. The van der Waals surface area contributed by atoms with Gasteiger partial charge in [-0.3, -0.25) is 4.79 Å². The maximum atomic E-state index is 13.5. The van der Waals surface area contributed by atoms with E-state index in [0.29, 0.717) is 5.71 Å². The molecule has 0 bridgehead atoms. The van der Waals surface area contributed by atoms with Crippen LogP contribution < -0.4 is 5.32 Å². The smallest absolute Gasteiger partial charge is 0.188 e. The monoisotopic (exact) mass is 384 g/mol. The summed E-state index contributed by atoms with van der Waals surface area (Å²) in [7, 11) is 0. The van der Waals surface area contributed by atoms with Crippen molar-refractivity contribution in [1.82, 2.24) is 0 Å². The van der Waals surface area contributed by atoms with Crippen LogP contribution in [0.2, 0.25) is 0 Å². The van der Waals surface area contributed by atoms with E-state index in [0.717, 1.165) is 40.9 Å². The van der Waals surface area contributed by atoms with E-state index in [1.54, 1.807) is 6.07 Å². The molecule has 0 aromatic heterocycles. The van der Waals surface area contributed by atoms with Crippen molar-refractivity contribution < 1.29 is 9.90 Å². The van der Waals surface area contributed by atoms with Crippen LogP contribution in [-0.2, 0) is 4.79 Å². The van der Waals surface area contributed by atoms with Gasteiger partial charge in [0.15, 0.2) is 5.78 Å². The van der Waals surface area contributed by atoms with Gasteiger partial charge in [0.1, 0.15) is 11.5 Å². The Bertz CT molecular complexity index is 1090. The van der Waals surface area contributed by atoms with Gasteiger partial charge in [0.25, 0.3) is 0 Å². The molecule has 0 amide bonds. The van der Waals surface area contributed by atoms with E-state index in [2.05, 4.69) is 25.2 Å². The molecule has 29 heavy (non-hydrogen) atoms. The summed E-state index contributed by atoms with van der Waals surface area (Å²) in [6.07, 6.45) is 6.06. The van der Waals surface area contributed by atoms with E-state index in [-0.39, 0.29) is 28.9 Å². The number of carbonyl (C=O) groups excluding carboxylic acids is 1. The van der Waals surface area contributed by atoms with Gasteiger partial charge in [0.2, 0.25) is 0 Å². The first kappa shape index (κ1) is 17.9. The Hall–Kier alpha value is -3.14. The zero-order chi connectivity index (χ0) is 20.2. The van der Waals surface area contributed by atoms with Crippen LogP contribution in [0.15, 0.2) is 70.7 Å². The quantitative estimate of drug-likeness (QED) is 0.519. The van der Waals surface area contributed by atoms with Crippen molar-refractivity contribution in [1.29, 1.82) is 0 Å². The topological polar surface area (TPSA) is 61.7 Å². The predicted molar refractivity (Wildman–Crippen MR) is 117 cm³/mol. The summed E-state index contributed by atoms with van der Waals surface area (Å²) in [6.45, 7) is 4.43. The number of Topliss-reactive ketones (excluding diaryl/α,β-unsaturated/α-hetero) is 1. The van der Waals surface area contributed by atoms with Crippen LogP contribution in [0.4, 0.5) is 11.4 Å². The molecule has 2 N–H and O–H groups in total. The number of anilines is 1. The Kier molecular flexibility index (Phi) is 3.98. The second-order valence-electron chi connectivity index (χ2n) is 8.80. The van der Waals surface area contributed by atoms with Crippen LogP contribution >= 0.6 is 0 Å². The SMILES string of the molecule is CC1(C)C=C2C(CC1)C(=O)/C(=N\c1ccccc1)C1=Cc3cccc(O)c3NC12. The fraction of sp³-hybridized carbons (Fsp3) is 0.280. The molecule has 4 heteroatoms. The Morgan fingerprint density at radius 1 is 1.10 bits per heavy atom. The molecule has 1 saturated carbocycles. The minimum Gasteiger partial charge on any atom is -0.506 e. The number of phenols is 1. The predicted octanol–water partition coefficient (Wildman–Crippen LogP) is 5.29. The number of hydrogen-bond acceptors (Lipinski definition) is 4. The Labute approximate surface area is 170 Å². The molecule has 0 saturated heterocycles. The van der Waals surface area contributed by atoms with Crippen LogP contribution in [0.5, 0.6) is 5.75 Å². The molecule has 5 rings (SSSR count). The number of rotatable bonds is 1. The van der Waals surface area contributed by atoms with Crippen LogP contribution in [0.25, 0.3) is 6.08 Å². The lowest BCUT2D eigenvalue weighted by Crippen LogP contribution is -2.47. The van der Waals surface area contributed by atoms with Gasteiger partial charge < -0.3 is 10.4 Å². The van der Waals surface area contributed by atoms with Gasteiger partial charge in [-0.25, -0.2) is 4.99 Å². The second-order valence-corrected chi connectivity index (χ2v) is 8.80. The number of nitrogens with one attached hydrogen (secondary N) is 1. The average Bonchev–Trinajstić information content (AvgIpc) is 2.70. The molecule has 1 fully saturated rings. The van der Waals surface area contributed by atoms with E-state index in [1.807, 2.05) is 48.5 Å². The zero-order valence-electron chi connectivity index (χ0n) is 16.6. The fourth-order valence-corrected chi connectivity index (χ4v) is 4.71. The number of phenolic OH excluding ortho intramolecular Hbond substituents is 1. The number of benzene rings is 2. The van der Waals surface area contributed by atoms with Crippen LogP contribution in [0.1, 0.15) is 32.3 Å². The van der Waals surface area contributed by atoms with E-state index in [1.165, 1.54) is 0 Å². The summed E-state index contributed by atoms with van der Waals surface area (Å²) in [5, 5.41) is 13.9. The number of aromatic hydroxyl groups is 1. The average molecular weight is 384 g/mol. The van der Waals surface area contributed by atoms with E-state index >= 15 is 0 Å². The van der Waals surface area contributed by atoms with Crippen molar-refractivity contribution in [2.24, 2.45) is 16.3 Å². The van der Waals surface area contributed by atoms with Gasteiger partial charge in [-0.2, -0.15) is 0 Å². The lowest BCUT2D eigenvalue weighted by molar-refractivity contribution is -0.116. The molecular weight excluding hydrogens is 360 g/mol. The first-order chi connectivity index (χ1) is 13.9. The van der Waals surface area contributed by atoms with Gasteiger partial charge in [-0.05, 0) is 48.1 Å². The van der Waals surface area contributed by atoms with E-state index in [9.17, 15) is 9.90 Å². The van der Waals surface area contributed by atoms with Crippen LogP contribution in [0.3, 0.4) is 0 Å². The van der Waals surface area contributed by atoms with E-state index in [4.69, 9.17) is 4.99 Å². The number of carbonyl (C=O) groups is 1. The van der Waals surface area contributed by atoms with Crippen molar-refractivity contribution in [2.75, 3.05) is 5.32 Å². The molecule has 146 valence electrons. The highest BCUT2D eigenvalue weighted by atomic mass is 16.3. The van der Waals surface area contributed by atoms with Gasteiger partial charge in [-0.15, -0.1) is 0 Å². The highest BCUT2D eigenvalue weighted by Gasteiger charge is 2.45. The second kappa shape index (κ2) is 6.45. The third-order valence-electron chi connectivity index (χ3n) is 6.18. The molecule has 2 atom stereocenters. The summed E-state index contributed by atoms with van der Waals surface area (Å²) in [6, 6.07) is 14.9. The number of hydrogen-bond donors (Lipinski definition) is 2. The molecule has 2 aromatic carbocycles. The number of allylic oxidation sites excluding steroid dienone is 1. The molecule has 4 nitrogen and oxygen atoms in total. The molecule has 1 heterocycles. The first-order valence-corrected chi connectivity index (χ1v) is 10.1. The summed E-state index contributed by atoms with van der Waals surface area (Å²) < 4.78 is 0. The molecule has 1 aliphatic heterocycles. The van der Waals surface area contributed by atoms with Crippen molar-refractivity contribution in [3.05, 3.63) is 71.3 Å². The van der Waals surface area contributed by atoms with Crippen molar-refractivity contribution in [3.8, 4) is 5.75 Å². The summed E-state index contributed by atoms with van der Waals surface area (Å²) in [4.78, 5) is 18.3. The number of aliphatic imine (C=N–C) groups is 1. The Morgan fingerprint density at radius 2 is 1.90 bits per heavy atom. The Balaban J connectivity index is 1.72. The third-order valence-corrected chi connectivity index (χ3v) is 6.18.